The summed E-state index contributed by atoms with van der Waals surface area (Å²) in [6.45, 7) is 5.08. The first-order valence-corrected chi connectivity index (χ1v) is 8.79. The van der Waals surface area contributed by atoms with Crippen molar-refractivity contribution in [1.82, 2.24) is 9.88 Å². The maximum Gasteiger partial charge on any atom is 0.126 e. The lowest BCUT2D eigenvalue weighted by Crippen LogP contribution is -2.34. The maximum atomic E-state index is 6.37. The van der Waals surface area contributed by atoms with Crippen molar-refractivity contribution in [3.8, 4) is 0 Å². The zero-order valence-corrected chi connectivity index (χ0v) is 13.7. The minimum atomic E-state index is 0.758. The lowest BCUT2D eigenvalue weighted by atomic mass is 9.96. The van der Waals surface area contributed by atoms with Crippen molar-refractivity contribution in [2.24, 2.45) is 5.92 Å². The van der Waals surface area contributed by atoms with E-state index in [4.69, 9.17) is 16.6 Å². The number of nitrogens with one attached hydrogen (secondary N) is 1. The maximum absolute atomic E-state index is 6.37. The minimum Gasteiger partial charge on any atom is -0.370 e. The molecule has 1 aliphatic heterocycles. The number of hydrogen-bond acceptors (Lipinski definition) is 3. The molecule has 1 atom stereocenters. The molecular formula is C17H26ClN3. The molecule has 116 valence electrons. The predicted octanol–water partition coefficient (Wildman–Crippen LogP) is 4.32. The average molecular weight is 308 g/mol. The van der Waals surface area contributed by atoms with Crippen molar-refractivity contribution in [3.63, 3.8) is 0 Å². The molecule has 0 radical (unpaired) electrons. The second-order valence-corrected chi connectivity index (χ2v) is 6.79. The number of halogens is 1. The van der Waals surface area contributed by atoms with E-state index < -0.39 is 0 Å². The lowest BCUT2D eigenvalue weighted by Gasteiger charge is -2.29. The van der Waals surface area contributed by atoms with Crippen LogP contribution in [0.5, 0.6) is 0 Å². The van der Waals surface area contributed by atoms with Crippen molar-refractivity contribution in [1.29, 1.82) is 0 Å². The van der Waals surface area contributed by atoms with Gasteiger partial charge in [0.25, 0.3) is 0 Å². The minimum absolute atomic E-state index is 0.758. The fourth-order valence-corrected chi connectivity index (χ4v) is 4.16. The van der Waals surface area contributed by atoms with E-state index in [1.807, 2.05) is 12.1 Å². The van der Waals surface area contributed by atoms with Gasteiger partial charge in [-0.1, -0.05) is 24.4 Å². The first-order chi connectivity index (χ1) is 10.3. The summed E-state index contributed by atoms with van der Waals surface area (Å²) in [7, 11) is 0. The van der Waals surface area contributed by atoms with Gasteiger partial charge in [0.1, 0.15) is 5.82 Å². The van der Waals surface area contributed by atoms with E-state index in [2.05, 4.69) is 17.1 Å². The number of aromatic nitrogens is 1. The number of hydrogen-bond donors (Lipinski definition) is 1. The fourth-order valence-electron chi connectivity index (χ4n) is 3.99. The average Bonchev–Trinajstić information content (AvgIpc) is 3.13. The lowest BCUT2D eigenvalue weighted by molar-refractivity contribution is 0.181. The number of pyridine rings is 1. The molecule has 0 amide bonds. The van der Waals surface area contributed by atoms with Gasteiger partial charge in [-0.15, -0.1) is 0 Å². The molecule has 0 bridgehead atoms. The van der Waals surface area contributed by atoms with Gasteiger partial charge in [0, 0.05) is 19.1 Å². The van der Waals surface area contributed by atoms with Crippen LogP contribution >= 0.6 is 11.6 Å². The Balaban J connectivity index is 1.71. The molecule has 1 aliphatic carbocycles. The SMILES string of the molecule is CCNc1ccc(Cl)c(CN2CCCC2C2CCCC2)n1. The molecule has 2 fully saturated rings. The molecule has 0 spiro atoms. The standard InChI is InChI=1S/C17H26ClN3/c1-2-19-17-10-9-14(18)15(20-17)12-21-11-5-8-16(21)13-6-3-4-7-13/h9-10,13,16H,2-8,11-12H2,1H3,(H,19,20). The largest absolute Gasteiger partial charge is 0.370 e. The number of likely N-dealkylation sites (tertiary alicyclic amines) is 1. The predicted molar refractivity (Wildman–Crippen MR) is 88.8 cm³/mol. The highest BCUT2D eigenvalue weighted by atomic mass is 35.5. The topological polar surface area (TPSA) is 28.2 Å². The zero-order valence-electron chi connectivity index (χ0n) is 12.9. The van der Waals surface area contributed by atoms with Crippen LogP contribution in [0, 0.1) is 5.92 Å². The summed E-state index contributed by atoms with van der Waals surface area (Å²) >= 11 is 6.37. The Kier molecular flexibility index (Phi) is 5.02. The summed E-state index contributed by atoms with van der Waals surface area (Å²) in [5.41, 5.74) is 1.03. The summed E-state index contributed by atoms with van der Waals surface area (Å²) in [5, 5.41) is 4.08. The van der Waals surface area contributed by atoms with Crippen molar-refractivity contribution in [2.75, 3.05) is 18.4 Å². The Morgan fingerprint density at radius 1 is 1.24 bits per heavy atom. The second-order valence-electron chi connectivity index (χ2n) is 6.38. The van der Waals surface area contributed by atoms with E-state index in [0.29, 0.717) is 0 Å². The van der Waals surface area contributed by atoms with Crippen LogP contribution in [0.15, 0.2) is 12.1 Å². The van der Waals surface area contributed by atoms with Gasteiger partial charge in [-0.3, -0.25) is 4.90 Å². The Morgan fingerprint density at radius 2 is 2.05 bits per heavy atom. The summed E-state index contributed by atoms with van der Waals surface area (Å²) in [6, 6.07) is 4.70. The van der Waals surface area contributed by atoms with Crippen LogP contribution in [0.3, 0.4) is 0 Å². The molecule has 21 heavy (non-hydrogen) atoms. The zero-order chi connectivity index (χ0) is 14.7. The fraction of sp³-hybridized carbons (Fsp3) is 0.706. The van der Waals surface area contributed by atoms with Gasteiger partial charge >= 0.3 is 0 Å². The van der Waals surface area contributed by atoms with Crippen LogP contribution in [-0.4, -0.2) is 29.0 Å². The summed E-state index contributed by atoms with van der Waals surface area (Å²) in [5.74, 6) is 1.84. The van der Waals surface area contributed by atoms with Gasteiger partial charge in [0.05, 0.1) is 10.7 Å². The Labute approximate surface area is 133 Å². The van der Waals surface area contributed by atoms with Crippen LogP contribution < -0.4 is 5.32 Å². The van der Waals surface area contributed by atoms with Crippen LogP contribution in [0.1, 0.15) is 51.1 Å². The molecule has 1 saturated heterocycles. The molecular weight excluding hydrogens is 282 g/mol. The van der Waals surface area contributed by atoms with Crippen molar-refractivity contribution in [3.05, 3.63) is 22.8 Å². The van der Waals surface area contributed by atoms with Crippen LogP contribution in [0.4, 0.5) is 5.82 Å². The normalized spacial score (nSPS) is 23.8. The first-order valence-electron chi connectivity index (χ1n) is 8.41. The molecule has 1 aromatic rings. The summed E-state index contributed by atoms with van der Waals surface area (Å²) in [4.78, 5) is 7.33. The molecule has 1 saturated carbocycles. The van der Waals surface area contributed by atoms with Crippen molar-refractivity contribution in [2.45, 2.75) is 58.0 Å². The molecule has 1 aromatic heterocycles. The van der Waals surface area contributed by atoms with E-state index in [0.717, 1.165) is 41.6 Å². The number of nitrogens with zero attached hydrogens (tertiary/aromatic N) is 2. The third-order valence-electron chi connectivity index (χ3n) is 4.99. The van der Waals surface area contributed by atoms with Gasteiger partial charge in [-0.25, -0.2) is 4.98 Å². The number of anilines is 1. The van der Waals surface area contributed by atoms with E-state index >= 15 is 0 Å². The van der Waals surface area contributed by atoms with Crippen LogP contribution in [0.25, 0.3) is 0 Å². The quantitative estimate of drug-likeness (QED) is 0.878. The van der Waals surface area contributed by atoms with Crippen molar-refractivity contribution >= 4 is 17.4 Å². The van der Waals surface area contributed by atoms with E-state index in [9.17, 15) is 0 Å². The van der Waals surface area contributed by atoms with E-state index in [-0.39, 0.29) is 0 Å². The van der Waals surface area contributed by atoms with Gasteiger partial charge < -0.3 is 5.32 Å². The van der Waals surface area contributed by atoms with Gasteiger partial charge in [0.2, 0.25) is 0 Å². The monoisotopic (exact) mass is 307 g/mol. The molecule has 3 rings (SSSR count). The summed E-state index contributed by atoms with van der Waals surface area (Å²) < 4.78 is 0. The second kappa shape index (κ2) is 6.97. The molecule has 2 heterocycles. The van der Waals surface area contributed by atoms with Crippen molar-refractivity contribution < 1.29 is 0 Å². The first kappa shape index (κ1) is 15.1. The Morgan fingerprint density at radius 3 is 2.81 bits per heavy atom. The third-order valence-corrected chi connectivity index (χ3v) is 5.33. The van der Waals surface area contributed by atoms with E-state index in [1.54, 1.807) is 0 Å². The summed E-state index contributed by atoms with van der Waals surface area (Å²) in [6.07, 6.45) is 8.36. The molecule has 3 nitrogen and oxygen atoms in total. The highest BCUT2D eigenvalue weighted by Gasteiger charge is 2.33. The highest BCUT2D eigenvalue weighted by molar-refractivity contribution is 6.31. The Bertz CT molecular complexity index is 471. The Hall–Kier alpha value is -0.800. The van der Waals surface area contributed by atoms with Gasteiger partial charge in [-0.05, 0) is 57.2 Å². The molecule has 2 aliphatic rings. The molecule has 0 aromatic carbocycles. The highest BCUT2D eigenvalue weighted by Crippen LogP contribution is 2.36. The molecule has 1 unspecified atom stereocenters. The van der Waals surface area contributed by atoms with Gasteiger partial charge in [-0.2, -0.15) is 0 Å². The van der Waals surface area contributed by atoms with E-state index in [1.165, 1.54) is 45.1 Å². The smallest absolute Gasteiger partial charge is 0.126 e. The third kappa shape index (κ3) is 3.51. The van der Waals surface area contributed by atoms with Crippen LogP contribution in [0.2, 0.25) is 5.02 Å². The molecule has 4 heteroatoms. The van der Waals surface area contributed by atoms with Crippen LogP contribution in [-0.2, 0) is 6.54 Å². The van der Waals surface area contributed by atoms with Gasteiger partial charge in [0.15, 0.2) is 0 Å². The molecule has 1 N–H and O–H groups in total. The number of rotatable bonds is 5.